The summed E-state index contributed by atoms with van der Waals surface area (Å²) < 4.78 is 0. The average Bonchev–Trinajstić information content (AvgIpc) is 2.93. The highest BCUT2D eigenvalue weighted by Crippen LogP contribution is 2.56. The van der Waals surface area contributed by atoms with Gasteiger partial charge in [0.15, 0.2) is 0 Å². The Morgan fingerprint density at radius 1 is 0.294 bits per heavy atom. The van der Waals surface area contributed by atoms with E-state index in [4.69, 9.17) is 0 Å². The Morgan fingerprint density at radius 3 is 0.794 bits per heavy atom. The summed E-state index contributed by atoms with van der Waals surface area (Å²) in [7, 11) is 0.0336. The lowest BCUT2D eigenvalue weighted by Crippen LogP contribution is -2.50. The molecular formula is C30H56N2P2. The fraction of sp³-hybridized carbons (Fsp3) is 1.00. The minimum Gasteiger partial charge on any atom is -0.291 e. The molecule has 0 amide bonds. The minimum atomic E-state index is 0.0168. The summed E-state index contributed by atoms with van der Waals surface area (Å²) in [5.74, 6) is 0. The van der Waals surface area contributed by atoms with Crippen LogP contribution in [0.25, 0.3) is 0 Å². The van der Waals surface area contributed by atoms with E-state index in [0.29, 0.717) is 0 Å². The Morgan fingerprint density at radius 2 is 0.529 bits per heavy atom. The van der Waals surface area contributed by atoms with E-state index in [1.807, 2.05) is 0 Å². The van der Waals surface area contributed by atoms with Gasteiger partial charge in [-0.3, -0.25) is 10.2 Å². The summed E-state index contributed by atoms with van der Waals surface area (Å²) in [6.07, 6.45) is 36.3. The van der Waals surface area contributed by atoms with Crippen LogP contribution < -0.4 is 10.2 Å². The van der Waals surface area contributed by atoms with Crippen molar-refractivity contribution in [3.05, 3.63) is 0 Å². The molecule has 5 aliphatic carbocycles. The lowest BCUT2D eigenvalue weighted by atomic mass is 9.92. The van der Waals surface area contributed by atoms with Crippen molar-refractivity contribution in [3.8, 4) is 0 Å². The van der Waals surface area contributed by atoms with Crippen molar-refractivity contribution in [3.63, 3.8) is 0 Å². The van der Waals surface area contributed by atoms with Crippen molar-refractivity contribution < 1.29 is 0 Å². The first-order valence-corrected chi connectivity index (χ1v) is 18.9. The quantitative estimate of drug-likeness (QED) is 0.320. The summed E-state index contributed by atoms with van der Waals surface area (Å²) in [6.45, 7) is 0. The molecule has 5 fully saturated rings. The fourth-order valence-corrected chi connectivity index (χ4v) is 15.4. The number of nitrogens with one attached hydrogen (secondary N) is 2. The van der Waals surface area contributed by atoms with Crippen molar-refractivity contribution >= 4 is 16.1 Å². The Kier molecular flexibility index (Phi) is 10.9. The van der Waals surface area contributed by atoms with Crippen LogP contribution in [-0.4, -0.2) is 34.7 Å². The monoisotopic (exact) mass is 506 g/mol. The molecule has 0 spiro atoms. The lowest BCUT2D eigenvalue weighted by molar-refractivity contribution is 0.342. The highest BCUT2D eigenvalue weighted by Gasteiger charge is 2.38. The molecule has 0 unspecified atom stereocenters. The highest BCUT2D eigenvalue weighted by molar-refractivity contribution is 7.57. The summed E-state index contributed by atoms with van der Waals surface area (Å²) in [6, 6.07) is 1.56. The molecule has 0 aromatic rings. The molecule has 0 radical (unpaired) electrons. The third-order valence-corrected chi connectivity index (χ3v) is 16.7. The van der Waals surface area contributed by atoms with Crippen LogP contribution in [0.4, 0.5) is 0 Å². The predicted molar refractivity (Wildman–Crippen MR) is 154 cm³/mol. The van der Waals surface area contributed by atoms with Crippen molar-refractivity contribution in [1.29, 1.82) is 0 Å². The average molecular weight is 507 g/mol. The van der Waals surface area contributed by atoms with Gasteiger partial charge in [-0.05, 0) is 103 Å². The molecule has 5 rings (SSSR count). The summed E-state index contributed by atoms with van der Waals surface area (Å²) in [5, 5.41) is 9.14. The van der Waals surface area contributed by atoms with Crippen LogP contribution in [-0.2, 0) is 0 Å². The second-order valence-electron chi connectivity index (χ2n) is 12.7. The van der Waals surface area contributed by atoms with Gasteiger partial charge in [-0.25, -0.2) is 0 Å². The van der Waals surface area contributed by atoms with Crippen molar-refractivity contribution in [2.45, 2.75) is 189 Å². The second kappa shape index (κ2) is 14.1. The van der Waals surface area contributed by atoms with E-state index in [1.165, 1.54) is 154 Å². The molecule has 5 aliphatic rings. The van der Waals surface area contributed by atoms with Gasteiger partial charge in [0.1, 0.15) is 0 Å². The van der Waals surface area contributed by atoms with E-state index >= 15 is 0 Å². The van der Waals surface area contributed by atoms with Crippen LogP contribution >= 0.6 is 16.1 Å². The molecule has 0 saturated heterocycles. The largest absolute Gasteiger partial charge is 0.291 e. The SMILES string of the molecule is C1CCC(P(N[C@H]2CCCC[C@H]2NP(C2CCCCC2)C2CCCCC2)C2CCCCC2)CC1. The summed E-state index contributed by atoms with van der Waals surface area (Å²) in [4.78, 5) is 0. The van der Waals surface area contributed by atoms with Gasteiger partial charge in [0.25, 0.3) is 0 Å². The third-order valence-electron chi connectivity index (χ3n) is 10.3. The van der Waals surface area contributed by atoms with Gasteiger partial charge >= 0.3 is 0 Å². The van der Waals surface area contributed by atoms with Crippen molar-refractivity contribution in [2.75, 3.05) is 0 Å². The molecule has 2 N–H and O–H groups in total. The Bertz CT molecular complexity index is 476. The lowest BCUT2D eigenvalue weighted by Gasteiger charge is -2.46. The maximum Gasteiger partial charge on any atom is 0.0260 e. The second-order valence-corrected chi connectivity index (χ2v) is 17.8. The number of rotatable bonds is 8. The minimum absolute atomic E-state index is 0.0168. The standard InChI is InChI=1S/C30H56N2P2/c1-5-15-25(16-6-1)33(26-17-7-2-8-18-26)31-29-23-13-14-24-30(29)32-34(27-19-9-3-10-20-27)28-21-11-4-12-22-28/h25-32H,1-24H2/t29-,30+. The normalized spacial score (nSPS) is 31.9. The Hall–Kier alpha value is 0.780. The zero-order chi connectivity index (χ0) is 23.0. The molecule has 0 heterocycles. The molecule has 34 heavy (non-hydrogen) atoms. The molecule has 196 valence electrons. The zero-order valence-corrected chi connectivity index (χ0v) is 24.1. The zero-order valence-electron chi connectivity index (χ0n) is 22.3. The van der Waals surface area contributed by atoms with Gasteiger partial charge in [-0.1, -0.05) is 89.9 Å². The fourth-order valence-electron chi connectivity index (χ4n) is 8.28. The molecular weight excluding hydrogens is 450 g/mol. The first-order valence-electron chi connectivity index (χ1n) is 16.0. The van der Waals surface area contributed by atoms with E-state index in [1.54, 1.807) is 0 Å². The summed E-state index contributed by atoms with van der Waals surface area (Å²) >= 11 is 0. The Labute approximate surface area is 215 Å². The van der Waals surface area contributed by atoms with Crippen LogP contribution in [0.15, 0.2) is 0 Å². The van der Waals surface area contributed by atoms with Crippen LogP contribution in [0, 0.1) is 0 Å². The number of hydrogen-bond donors (Lipinski definition) is 2. The van der Waals surface area contributed by atoms with Crippen molar-refractivity contribution in [2.24, 2.45) is 0 Å². The van der Waals surface area contributed by atoms with E-state index in [-0.39, 0.29) is 16.1 Å². The molecule has 0 aromatic heterocycles. The maximum atomic E-state index is 4.57. The summed E-state index contributed by atoms with van der Waals surface area (Å²) in [5.41, 5.74) is 4.14. The molecule has 2 nitrogen and oxygen atoms in total. The highest BCUT2D eigenvalue weighted by atomic mass is 31.1. The van der Waals surface area contributed by atoms with E-state index in [0.717, 1.165) is 34.7 Å². The third kappa shape index (κ3) is 7.21. The Balaban J connectivity index is 1.28. The van der Waals surface area contributed by atoms with Gasteiger partial charge < -0.3 is 0 Å². The maximum absolute atomic E-state index is 4.57. The first-order chi connectivity index (χ1) is 16.9. The molecule has 5 saturated carbocycles. The van der Waals surface area contributed by atoms with E-state index < -0.39 is 0 Å². The van der Waals surface area contributed by atoms with Crippen LogP contribution in [0.1, 0.15) is 154 Å². The van der Waals surface area contributed by atoms with Gasteiger partial charge in [0.2, 0.25) is 0 Å². The van der Waals surface area contributed by atoms with Crippen LogP contribution in [0.3, 0.4) is 0 Å². The van der Waals surface area contributed by atoms with E-state index in [9.17, 15) is 0 Å². The van der Waals surface area contributed by atoms with Crippen LogP contribution in [0.5, 0.6) is 0 Å². The smallest absolute Gasteiger partial charge is 0.0260 e. The van der Waals surface area contributed by atoms with Gasteiger partial charge in [0.05, 0.1) is 0 Å². The molecule has 2 atom stereocenters. The first kappa shape index (κ1) is 26.4. The van der Waals surface area contributed by atoms with Crippen LogP contribution in [0.2, 0.25) is 0 Å². The van der Waals surface area contributed by atoms with Gasteiger partial charge in [-0.15, -0.1) is 0 Å². The predicted octanol–water partition coefficient (Wildman–Crippen LogP) is 9.60. The molecule has 4 heteroatoms. The van der Waals surface area contributed by atoms with Gasteiger partial charge in [-0.2, -0.15) is 0 Å². The van der Waals surface area contributed by atoms with E-state index in [2.05, 4.69) is 10.2 Å². The molecule has 0 aliphatic heterocycles. The van der Waals surface area contributed by atoms with Crippen molar-refractivity contribution in [1.82, 2.24) is 10.2 Å². The molecule has 0 aromatic carbocycles. The van der Waals surface area contributed by atoms with Gasteiger partial charge in [0, 0.05) is 12.1 Å². The topological polar surface area (TPSA) is 24.1 Å². The number of hydrogen-bond acceptors (Lipinski definition) is 2. The molecule has 0 bridgehead atoms.